The average Bonchev–Trinajstić information content (AvgIpc) is 2.63. The smallest absolute Gasteiger partial charge is 0.148 e. The van der Waals surface area contributed by atoms with E-state index >= 15 is 0 Å². The zero-order valence-electron chi connectivity index (χ0n) is 9.11. The van der Waals surface area contributed by atoms with E-state index in [9.17, 15) is 0 Å². The molecule has 1 aromatic rings. The lowest BCUT2D eigenvalue weighted by atomic mass is 9.94. The van der Waals surface area contributed by atoms with E-state index in [1.807, 2.05) is 0 Å². The van der Waals surface area contributed by atoms with E-state index < -0.39 is 0 Å². The second-order valence-electron chi connectivity index (χ2n) is 4.54. The highest BCUT2D eigenvalue weighted by Crippen LogP contribution is 2.32. The van der Waals surface area contributed by atoms with Gasteiger partial charge in [0.1, 0.15) is 12.2 Å². The normalized spacial score (nSPS) is 25.4. The van der Waals surface area contributed by atoms with Crippen LogP contribution in [0.25, 0.3) is 0 Å². The molecule has 0 spiro atoms. The molecule has 15 heavy (non-hydrogen) atoms. The van der Waals surface area contributed by atoms with Gasteiger partial charge in [-0.3, -0.25) is 0 Å². The van der Waals surface area contributed by atoms with Gasteiger partial charge in [0.15, 0.2) is 0 Å². The molecule has 2 heterocycles. The topological polar surface area (TPSA) is 39.9 Å². The van der Waals surface area contributed by atoms with Crippen molar-refractivity contribution in [3.8, 4) is 0 Å². The lowest BCUT2D eigenvalue weighted by Gasteiger charge is -2.36. The van der Waals surface area contributed by atoms with E-state index in [0.29, 0.717) is 11.9 Å². The van der Waals surface area contributed by atoms with Gasteiger partial charge in [0.25, 0.3) is 0 Å². The first-order valence-corrected chi connectivity index (χ1v) is 5.74. The molecular formula is C10H16ClN3O. The van der Waals surface area contributed by atoms with Crippen LogP contribution in [0.2, 0.25) is 0 Å². The Morgan fingerprint density at radius 1 is 1.67 bits per heavy atom. The van der Waals surface area contributed by atoms with Gasteiger partial charge in [-0.1, -0.05) is 0 Å². The highest BCUT2D eigenvalue weighted by molar-refractivity contribution is 6.16. The first kappa shape index (κ1) is 10.9. The zero-order chi connectivity index (χ0) is 10.9. The molecule has 1 saturated heterocycles. The van der Waals surface area contributed by atoms with Crippen LogP contribution in [0, 0.1) is 0 Å². The molecule has 1 aromatic heterocycles. The highest BCUT2D eigenvalue weighted by Gasteiger charge is 2.30. The van der Waals surface area contributed by atoms with Crippen LogP contribution in [0.15, 0.2) is 6.33 Å². The number of nitrogens with zero attached hydrogens (tertiary/aromatic N) is 3. The third-order valence-corrected chi connectivity index (χ3v) is 3.07. The molecule has 1 aliphatic rings. The molecule has 0 radical (unpaired) electrons. The largest absolute Gasteiger partial charge is 0.375 e. The molecule has 84 valence electrons. The molecule has 1 unspecified atom stereocenters. The van der Waals surface area contributed by atoms with Crippen molar-refractivity contribution in [3.05, 3.63) is 12.2 Å². The Kier molecular flexibility index (Phi) is 2.98. The van der Waals surface area contributed by atoms with Gasteiger partial charge in [-0.25, -0.2) is 0 Å². The fourth-order valence-electron chi connectivity index (χ4n) is 2.10. The summed E-state index contributed by atoms with van der Waals surface area (Å²) in [4.78, 5) is 0. The first-order valence-electron chi connectivity index (χ1n) is 5.21. The Morgan fingerprint density at radius 2 is 2.47 bits per heavy atom. The van der Waals surface area contributed by atoms with Crippen molar-refractivity contribution in [2.45, 2.75) is 44.2 Å². The van der Waals surface area contributed by atoms with Crippen molar-refractivity contribution in [2.75, 3.05) is 6.61 Å². The van der Waals surface area contributed by atoms with Gasteiger partial charge in [-0.2, -0.15) is 0 Å². The number of rotatable bonds is 2. The molecule has 1 aliphatic heterocycles. The van der Waals surface area contributed by atoms with Gasteiger partial charge in [-0.15, -0.1) is 21.8 Å². The van der Waals surface area contributed by atoms with Crippen molar-refractivity contribution < 1.29 is 4.74 Å². The van der Waals surface area contributed by atoms with Gasteiger partial charge < -0.3 is 9.30 Å². The summed E-state index contributed by atoms with van der Waals surface area (Å²) in [5, 5.41) is 7.90. The number of halogens is 1. The summed E-state index contributed by atoms with van der Waals surface area (Å²) in [6.07, 6.45) is 3.75. The summed E-state index contributed by atoms with van der Waals surface area (Å²) in [6, 6.07) is 0.414. The lowest BCUT2D eigenvalue weighted by Crippen LogP contribution is -2.35. The standard InChI is InChI=1S/C10H16ClN3O/c1-10(2)5-8(3-4-15-10)14-7-12-13-9(14)6-11/h7-8H,3-6H2,1-2H3. The van der Waals surface area contributed by atoms with E-state index in [-0.39, 0.29) is 5.60 Å². The van der Waals surface area contributed by atoms with Gasteiger partial charge in [0.2, 0.25) is 0 Å². The monoisotopic (exact) mass is 229 g/mol. The summed E-state index contributed by atoms with van der Waals surface area (Å²) in [6.45, 7) is 5.02. The fraction of sp³-hybridized carbons (Fsp3) is 0.800. The minimum atomic E-state index is -0.0588. The molecule has 0 amide bonds. The quantitative estimate of drug-likeness (QED) is 0.730. The van der Waals surface area contributed by atoms with Crippen molar-refractivity contribution >= 4 is 11.6 Å². The Bertz CT molecular complexity index is 337. The van der Waals surface area contributed by atoms with Crippen LogP contribution in [0.3, 0.4) is 0 Å². The third kappa shape index (κ3) is 2.32. The molecule has 5 heteroatoms. The Labute approximate surface area is 94.6 Å². The summed E-state index contributed by atoms with van der Waals surface area (Å²) in [5.74, 6) is 1.26. The van der Waals surface area contributed by atoms with Crippen LogP contribution in [0.4, 0.5) is 0 Å². The fourth-order valence-corrected chi connectivity index (χ4v) is 2.30. The maximum atomic E-state index is 5.81. The molecule has 0 N–H and O–H groups in total. The number of hydrogen-bond donors (Lipinski definition) is 0. The molecule has 4 nitrogen and oxygen atoms in total. The maximum Gasteiger partial charge on any atom is 0.148 e. The summed E-state index contributed by atoms with van der Waals surface area (Å²) in [7, 11) is 0. The Hall–Kier alpha value is -0.610. The van der Waals surface area contributed by atoms with Gasteiger partial charge >= 0.3 is 0 Å². The predicted octanol–water partition coefficient (Wildman–Crippen LogP) is 2.15. The Morgan fingerprint density at radius 3 is 3.13 bits per heavy atom. The molecule has 0 aromatic carbocycles. The van der Waals surface area contributed by atoms with Crippen molar-refractivity contribution in [1.29, 1.82) is 0 Å². The van der Waals surface area contributed by atoms with E-state index in [2.05, 4.69) is 28.6 Å². The molecule has 1 fully saturated rings. The van der Waals surface area contributed by atoms with Gasteiger partial charge in [-0.05, 0) is 26.7 Å². The van der Waals surface area contributed by atoms with Crippen molar-refractivity contribution in [1.82, 2.24) is 14.8 Å². The van der Waals surface area contributed by atoms with Crippen LogP contribution in [-0.2, 0) is 10.6 Å². The molecule has 2 rings (SSSR count). The average molecular weight is 230 g/mol. The van der Waals surface area contributed by atoms with E-state index in [1.165, 1.54) is 0 Å². The second kappa shape index (κ2) is 4.10. The number of alkyl halides is 1. The maximum absolute atomic E-state index is 5.81. The molecular weight excluding hydrogens is 214 g/mol. The minimum absolute atomic E-state index is 0.0588. The number of aromatic nitrogens is 3. The van der Waals surface area contributed by atoms with Gasteiger partial charge in [0, 0.05) is 12.6 Å². The summed E-state index contributed by atoms with van der Waals surface area (Å²) < 4.78 is 7.76. The van der Waals surface area contributed by atoms with Crippen LogP contribution >= 0.6 is 11.6 Å². The number of ether oxygens (including phenoxy) is 1. The Balaban J connectivity index is 2.17. The van der Waals surface area contributed by atoms with E-state index in [4.69, 9.17) is 16.3 Å². The SMILES string of the molecule is CC1(C)CC(n2cnnc2CCl)CCO1. The second-order valence-corrected chi connectivity index (χ2v) is 4.81. The predicted molar refractivity (Wildman–Crippen MR) is 57.9 cm³/mol. The van der Waals surface area contributed by atoms with E-state index in [1.54, 1.807) is 6.33 Å². The molecule has 0 bridgehead atoms. The minimum Gasteiger partial charge on any atom is -0.375 e. The zero-order valence-corrected chi connectivity index (χ0v) is 9.87. The summed E-state index contributed by atoms with van der Waals surface area (Å²) >= 11 is 5.81. The van der Waals surface area contributed by atoms with Crippen LogP contribution in [0.1, 0.15) is 38.6 Å². The first-order chi connectivity index (χ1) is 7.12. The van der Waals surface area contributed by atoms with Gasteiger partial charge in [0.05, 0.1) is 11.5 Å². The van der Waals surface area contributed by atoms with E-state index in [0.717, 1.165) is 25.3 Å². The lowest BCUT2D eigenvalue weighted by molar-refractivity contribution is -0.0694. The van der Waals surface area contributed by atoms with Crippen LogP contribution < -0.4 is 0 Å². The highest BCUT2D eigenvalue weighted by atomic mass is 35.5. The van der Waals surface area contributed by atoms with Crippen LogP contribution in [-0.4, -0.2) is 27.0 Å². The van der Waals surface area contributed by atoms with Crippen molar-refractivity contribution in [2.24, 2.45) is 0 Å². The van der Waals surface area contributed by atoms with Crippen LogP contribution in [0.5, 0.6) is 0 Å². The summed E-state index contributed by atoms with van der Waals surface area (Å²) in [5.41, 5.74) is -0.0588. The third-order valence-electron chi connectivity index (χ3n) is 2.83. The molecule has 1 atom stereocenters. The molecule has 0 aliphatic carbocycles. The number of hydrogen-bond acceptors (Lipinski definition) is 3. The molecule has 0 saturated carbocycles. The van der Waals surface area contributed by atoms with Crippen molar-refractivity contribution in [3.63, 3.8) is 0 Å².